The molecule has 14 heavy (non-hydrogen) atoms. The predicted octanol–water partition coefficient (Wildman–Crippen LogP) is 2.86. The van der Waals surface area contributed by atoms with Crippen LogP contribution in [0.3, 0.4) is 0 Å². The smallest absolute Gasteiger partial charge is 0.309 e. The summed E-state index contributed by atoms with van der Waals surface area (Å²) < 4.78 is 20.8. The van der Waals surface area contributed by atoms with Crippen molar-refractivity contribution in [1.29, 1.82) is 0 Å². The first kappa shape index (κ1) is 13.6. The van der Waals surface area contributed by atoms with Crippen LogP contribution in [0, 0.1) is 0 Å². The average Bonchev–Trinajstić information content (AvgIpc) is 2.23. The van der Waals surface area contributed by atoms with Crippen LogP contribution in [0.4, 0.5) is 0 Å². The van der Waals surface area contributed by atoms with E-state index < -0.39 is 7.60 Å². The molecule has 0 rings (SSSR count). The van der Waals surface area contributed by atoms with Gasteiger partial charge >= 0.3 is 7.60 Å². The molecule has 0 unspecified atom stereocenters. The van der Waals surface area contributed by atoms with E-state index in [1.54, 1.807) is 12.3 Å². The summed E-state index contributed by atoms with van der Waals surface area (Å²) in [5, 5.41) is 0. The number of nitrogens with zero attached hydrogens (tertiary/aromatic N) is 1. The fraction of sp³-hybridized carbons (Fsp3) is 0.667. The maximum Gasteiger partial charge on any atom is 0.353 e. The van der Waals surface area contributed by atoms with Crippen molar-refractivity contribution in [2.24, 2.45) is 4.99 Å². The topological polar surface area (TPSA) is 47.9 Å². The van der Waals surface area contributed by atoms with Gasteiger partial charge in [0, 0.05) is 32.8 Å². The number of unbranched alkanes of at least 4 members (excludes halogenated alkanes) is 1. The van der Waals surface area contributed by atoms with Crippen LogP contribution in [-0.2, 0) is 13.6 Å². The van der Waals surface area contributed by atoms with Gasteiger partial charge in [-0.15, -0.1) is 0 Å². The zero-order valence-corrected chi connectivity index (χ0v) is 9.87. The van der Waals surface area contributed by atoms with E-state index in [1.165, 1.54) is 20.0 Å². The lowest BCUT2D eigenvalue weighted by atomic mass is 10.3. The van der Waals surface area contributed by atoms with Crippen molar-refractivity contribution in [2.75, 3.05) is 20.8 Å². The zero-order chi connectivity index (χ0) is 10.9. The molecule has 4 nitrogen and oxygen atoms in total. The number of hydrogen-bond donors (Lipinski definition) is 0. The van der Waals surface area contributed by atoms with Crippen molar-refractivity contribution in [3.63, 3.8) is 0 Å². The van der Waals surface area contributed by atoms with Gasteiger partial charge in [-0.3, -0.25) is 9.56 Å². The van der Waals surface area contributed by atoms with Gasteiger partial charge in [-0.1, -0.05) is 13.3 Å². The molecule has 0 atom stereocenters. The Kier molecular flexibility index (Phi) is 7.67. The molecule has 0 heterocycles. The second kappa shape index (κ2) is 7.92. The van der Waals surface area contributed by atoms with Crippen molar-refractivity contribution in [2.45, 2.75) is 19.8 Å². The predicted molar refractivity (Wildman–Crippen MR) is 59.0 cm³/mol. The summed E-state index contributed by atoms with van der Waals surface area (Å²) in [6, 6.07) is 0. The van der Waals surface area contributed by atoms with Crippen LogP contribution in [0.25, 0.3) is 0 Å². The number of aliphatic imine (C=N–C) groups is 1. The van der Waals surface area contributed by atoms with Gasteiger partial charge in [0.1, 0.15) is 0 Å². The Bertz CT molecular complexity index is 230. The number of allylic oxidation sites excluding steroid dienone is 1. The Labute approximate surface area is 85.6 Å². The molecule has 0 amide bonds. The largest absolute Gasteiger partial charge is 0.353 e. The van der Waals surface area contributed by atoms with Crippen molar-refractivity contribution < 1.29 is 13.6 Å². The minimum Gasteiger partial charge on any atom is -0.309 e. The van der Waals surface area contributed by atoms with Crippen LogP contribution in [0.2, 0.25) is 0 Å². The molecule has 0 radical (unpaired) electrons. The van der Waals surface area contributed by atoms with Gasteiger partial charge in [0.25, 0.3) is 0 Å². The molecule has 0 aromatic rings. The minimum absolute atomic E-state index is 0.797. The SMILES string of the molecule is CCCCN=C/C=C/P(=O)(OC)OC. The quantitative estimate of drug-likeness (QED) is 0.376. The van der Waals surface area contributed by atoms with Gasteiger partial charge in [-0.05, 0) is 12.5 Å². The van der Waals surface area contributed by atoms with E-state index in [0.29, 0.717) is 0 Å². The van der Waals surface area contributed by atoms with Crippen LogP contribution in [0.1, 0.15) is 19.8 Å². The lowest BCUT2D eigenvalue weighted by molar-refractivity contribution is 0.286. The van der Waals surface area contributed by atoms with E-state index in [2.05, 4.69) is 11.9 Å². The Morgan fingerprint density at radius 3 is 2.50 bits per heavy atom. The summed E-state index contributed by atoms with van der Waals surface area (Å²) in [7, 11) is -0.308. The van der Waals surface area contributed by atoms with Crippen LogP contribution >= 0.6 is 7.60 Å². The molecule has 0 aliphatic heterocycles. The van der Waals surface area contributed by atoms with Gasteiger partial charge in [0.15, 0.2) is 0 Å². The molecule has 0 saturated carbocycles. The van der Waals surface area contributed by atoms with Gasteiger partial charge in [-0.25, -0.2) is 0 Å². The third-order valence-corrected chi connectivity index (χ3v) is 3.17. The average molecular weight is 219 g/mol. The van der Waals surface area contributed by atoms with E-state index in [9.17, 15) is 4.57 Å². The molecule has 0 bridgehead atoms. The summed E-state index contributed by atoms with van der Waals surface area (Å²) in [5.74, 6) is 1.39. The highest BCUT2D eigenvalue weighted by Crippen LogP contribution is 2.47. The summed E-state index contributed by atoms with van der Waals surface area (Å²) in [4.78, 5) is 4.09. The van der Waals surface area contributed by atoms with E-state index in [4.69, 9.17) is 9.05 Å². The fourth-order valence-electron chi connectivity index (χ4n) is 0.725. The van der Waals surface area contributed by atoms with Crippen molar-refractivity contribution in [3.8, 4) is 0 Å². The maximum absolute atomic E-state index is 11.4. The molecule has 0 aromatic carbocycles. The molecule has 5 heteroatoms. The zero-order valence-electron chi connectivity index (χ0n) is 8.97. The third-order valence-electron chi connectivity index (χ3n) is 1.61. The molecule has 0 N–H and O–H groups in total. The highest BCUT2D eigenvalue weighted by molar-refractivity contribution is 7.57. The molecule has 0 spiro atoms. The normalized spacial score (nSPS) is 13.1. The third kappa shape index (κ3) is 6.08. The van der Waals surface area contributed by atoms with Gasteiger partial charge in [-0.2, -0.15) is 0 Å². The molecule has 0 aliphatic carbocycles. The van der Waals surface area contributed by atoms with E-state index in [1.807, 2.05) is 0 Å². The Morgan fingerprint density at radius 2 is 2.00 bits per heavy atom. The van der Waals surface area contributed by atoms with Crippen LogP contribution in [0.5, 0.6) is 0 Å². The molecule has 0 aromatic heterocycles. The molecule has 0 fully saturated rings. The van der Waals surface area contributed by atoms with Crippen LogP contribution in [0.15, 0.2) is 16.9 Å². The number of hydrogen-bond acceptors (Lipinski definition) is 4. The molecule has 82 valence electrons. The number of rotatable bonds is 7. The molecule has 0 aliphatic rings. The summed E-state index contributed by atoms with van der Waals surface area (Å²) in [5.41, 5.74) is 0. The van der Waals surface area contributed by atoms with E-state index in [-0.39, 0.29) is 0 Å². The van der Waals surface area contributed by atoms with Crippen LogP contribution < -0.4 is 0 Å². The van der Waals surface area contributed by atoms with Crippen molar-refractivity contribution in [3.05, 3.63) is 11.9 Å². The Balaban J connectivity index is 3.92. The highest BCUT2D eigenvalue weighted by Gasteiger charge is 2.14. The molecular formula is C9H18NO3P. The standard InChI is InChI=1S/C9H18NO3P/c1-4-5-7-10-8-6-9-14(11,12-2)13-3/h6,8-9H,4-5,7H2,1-3H3/b9-6+,10-8?. The van der Waals surface area contributed by atoms with Gasteiger partial charge in [0.05, 0.1) is 0 Å². The maximum atomic E-state index is 11.4. The minimum atomic E-state index is -3.01. The monoisotopic (exact) mass is 219 g/mol. The Hall–Kier alpha value is -0.440. The van der Waals surface area contributed by atoms with Gasteiger partial charge < -0.3 is 9.05 Å². The highest BCUT2D eigenvalue weighted by atomic mass is 31.2. The summed E-state index contributed by atoms with van der Waals surface area (Å²) >= 11 is 0. The Morgan fingerprint density at radius 1 is 1.36 bits per heavy atom. The lowest BCUT2D eigenvalue weighted by Gasteiger charge is -2.06. The first-order valence-corrected chi connectivity index (χ1v) is 6.18. The summed E-state index contributed by atoms with van der Waals surface area (Å²) in [6.45, 7) is 2.90. The van der Waals surface area contributed by atoms with Crippen molar-refractivity contribution in [1.82, 2.24) is 0 Å². The van der Waals surface area contributed by atoms with E-state index >= 15 is 0 Å². The van der Waals surface area contributed by atoms with E-state index in [0.717, 1.165) is 19.4 Å². The second-order valence-corrected chi connectivity index (χ2v) is 4.76. The van der Waals surface area contributed by atoms with Gasteiger partial charge in [0.2, 0.25) is 0 Å². The fourth-order valence-corrected chi connectivity index (χ4v) is 1.41. The second-order valence-electron chi connectivity index (χ2n) is 2.66. The lowest BCUT2D eigenvalue weighted by Crippen LogP contribution is -1.84. The van der Waals surface area contributed by atoms with Crippen molar-refractivity contribution >= 4 is 13.8 Å². The molecular weight excluding hydrogens is 201 g/mol. The first-order valence-electron chi connectivity index (χ1n) is 4.57. The molecule has 0 saturated heterocycles. The van der Waals surface area contributed by atoms with Crippen LogP contribution in [-0.4, -0.2) is 27.0 Å². The summed E-state index contributed by atoms with van der Waals surface area (Å²) in [6.07, 6.45) is 5.38. The first-order chi connectivity index (χ1) is 6.68.